The van der Waals surface area contributed by atoms with Gasteiger partial charge in [0.2, 0.25) is 0 Å². The Kier molecular flexibility index (Phi) is 3.07. The first kappa shape index (κ1) is 8.23. The number of anilines is 2. The summed E-state index contributed by atoms with van der Waals surface area (Å²) in [5.74, 6) is 0. The Balaban J connectivity index is 2.74. The second-order valence-electron chi connectivity index (χ2n) is 2.00. The third-order valence-electron chi connectivity index (χ3n) is 1.21. The Bertz CT molecular complexity index is 229. The molecule has 0 aromatic heterocycles. The molecular formula is C7H10N2OS. The van der Waals surface area contributed by atoms with E-state index in [1.165, 1.54) is 11.9 Å². The van der Waals surface area contributed by atoms with E-state index in [4.69, 9.17) is 5.21 Å². The van der Waals surface area contributed by atoms with Gasteiger partial charge in [-0.25, -0.2) is 0 Å². The highest BCUT2D eigenvalue weighted by molar-refractivity contribution is 7.99. The van der Waals surface area contributed by atoms with Crippen LogP contribution in [0.15, 0.2) is 24.3 Å². The van der Waals surface area contributed by atoms with Crippen LogP contribution in [0.2, 0.25) is 0 Å². The highest BCUT2D eigenvalue weighted by Gasteiger charge is 1.91. The van der Waals surface area contributed by atoms with E-state index in [2.05, 4.69) is 10.2 Å². The van der Waals surface area contributed by atoms with Gasteiger partial charge >= 0.3 is 0 Å². The summed E-state index contributed by atoms with van der Waals surface area (Å²) in [6, 6.07) is 7.39. The second kappa shape index (κ2) is 4.10. The summed E-state index contributed by atoms with van der Waals surface area (Å²) >= 11 is 1.51. The molecule has 3 N–H and O–H groups in total. The van der Waals surface area contributed by atoms with Crippen molar-refractivity contribution in [1.29, 1.82) is 0 Å². The fraction of sp³-hybridized carbons (Fsp3) is 0.143. The van der Waals surface area contributed by atoms with Crippen LogP contribution in [0.5, 0.6) is 0 Å². The molecule has 4 heteroatoms. The minimum atomic E-state index is 0.684. The molecule has 0 unspecified atom stereocenters. The molecule has 11 heavy (non-hydrogen) atoms. The molecule has 0 spiro atoms. The minimum absolute atomic E-state index is 0.684. The molecule has 1 aromatic rings. The highest BCUT2D eigenvalue weighted by Crippen LogP contribution is 2.16. The zero-order valence-electron chi connectivity index (χ0n) is 6.16. The number of hydrogen-bond donors (Lipinski definition) is 3. The van der Waals surface area contributed by atoms with Crippen LogP contribution in [-0.2, 0) is 0 Å². The Morgan fingerprint density at radius 3 is 2.73 bits per heavy atom. The molecule has 1 rings (SSSR count). The normalized spacial score (nSPS) is 9.27. The average Bonchev–Trinajstić information content (AvgIpc) is 2.06. The van der Waals surface area contributed by atoms with Gasteiger partial charge in [0, 0.05) is 11.9 Å². The number of nitrogens with one attached hydrogen (secondary N) is 2. The van der Waals surface area contributed by atoms with Crippen molar-refractivity contribution in [3.05, 3.63) is 24.3 Å². The Morgan fingerprint density at radius 1 is 1.36 bits per heavy atom. The van der Waals surface area contributed by atoms with Gasteiger partial charge in [-0.05, 0) is 18.2 Å². The van der Waals surface area contributed by atoms with Gasteiger partial charge < -0.3 is 4.72 Å². The molecule has 0 aliphatic heterocycles. The van der Waals surface area contributed by atoms with Gasteiger partial charge in [0.05, 0.1) is 5.69 Å². The number of hydrogen-bond acceptors (Lipinski definition) is 4. The van der Waals surface area contributed by atoms with Crippen LogP contribution in [0.25, 0.3) is 0 Å². The van der Waals surface area contributed by atoms with Crippen molar-refractivity contribution in [2.24, 2.45) is 0 Å². The predicted molar refractivity (Wildman–Crippen MR) is 49.0 cm³/mol. The quantitative estimate of drug-likeness (QED) is 0.480. The third kappa shape index (κ3) is 2.32. The predicted octanol–water partition coefficient (Wildman–Crippen LogP) is 2.18. The average molecular weight is 170 g/mol. The number of rotatable bonds is 3. The van der Waals surface area contributed by atoms with E-state index in [-0.39, 0.29) is 0 Å². The van der Waals surface area contributed by atoms with E-state index < -0.39 is 0 Å². The van der Waals surface area contributed by atoms with Crippen LogP contribution < -0.4 is 10.2 Å². The largest absolute Gasteiger partial charge is 0.330 e. The van der Waals surface area contributed by atoms with Crippen LogP contribution in [-0.4, -0.2) is 11.5 Å². The van der Waals surface area contributed by atoms with E-state index in [1.807, 2.05) is 24.5 Å². The zero-order valence-corrected chi connectivity index (χ0v) is 6.98. The summed E-state index contributed by atoms with van der Waals surface area (Å²) in [7, 11) is 0. The first-order valence-corrected chi connectivity index (χ1v) is 4.38. The van der Waals surface area contributed by atoms with Crippen molar-refractivity contribution < 1.29 is 5.21 Å². The summed E-state index contributed by atoms with van der Waals surface area (Å²) in [5.41, 5.74) is 3.73. The summed E-state index contributed by atoms with van der Waals surface area (Å²) < 4.78 is 3.05. The van der Waals surface area contributed by atoms with Gasteiger partial charge in [-0.15, -0.1) is 0 Å². The summed E-state index contributed by atoms with van der Waals surface area (Å²) in [6.07, 6.45) is 1.94. The van der Waals surface area contributed by atoms with Crippen LogP contribution >= 0.6 is 11.9 Å². The van der Waals surface area contributed by atoms with Gasteiger partial charge in [0.25, 0.3) is 0 Å². The maximum atomic E-state index is 8.55. The van der Waals surface area contributed by atoms with Crippen LogP contribution in [0, 0.1) is 0 Å². The first-order valence-electron chi connectivity index (χ1n) is 3.16. The van der Waals surface area contributed by atoms with E-state index in [9.17, 15) is 0 Å². The van der Waals surface area contributed by atoms with Crippen LogP contribution in [0.4, 0.5) is 11.4 Å². The van der Waals surface area contributed by atoms with Crippen molar-refractivity contribution in [2.45, 2.75) is 0 Å². The molecule has 3 nitrogen and oxygen atoms in total. The molecule has 0 aliphatic rings. The summed E-state index contributed by atoms with van der Waals surface area (Å²) in [4.78, 5) is 0. The maximum Gasteiger partial charge on any atom is 0.0622 e. The lowest BCUT2D eigenvalue weighted by Gasteiger charge is -2.03. The van der Waals surface area contributed by atoms with E-state index in [1.54, 1.807) is 6.07 Å². The van der Waals surface area contributed by atoms with Crippen molar-refractivity contribution in [3.8, 4) is 0 Å². The van der Waals surface area contributed by atoms with Crippen molar-refractivity contribution in [1.82, 2.24) is 0 Å². The fourth-order valence-electron chi connectivity index (χ4n) is 0.770. The van der Waals surface area contributed by atoms with Gasteiger partial charge in [0.15, 0.2) is 0 Å². The third-order valence-corrected chi connectivity index (χ3v) is 1.65. The maximum absolute atomic E-state index is 8.55. The first-order chi connectivity index (χ1) is 5.36. The molecule has 0 amide bonds. The lowest BCUT2D eigenvalue weighted by atomic mass is 10.3. The van der Waals surface area contributed by atoms with Gasteiger partial charge in [-0.1, -0.05) is 18.0 Å². The van der Waals surface area contributed by atoms with Crippen molar-refractivity contribution in [2.75, 3.05) is 16.5 Å². The highest BCUT2D eigenvalue weighted by atomic mass is 32.2. The molecule has 0 atom stereocenters. The topological polar surface area (TPSA) is 44.3 Å². The van der Waals surface area contributed by atoms with E-state index >= 15 is 0 Å². The van der Waals surface area contributed by atoms with Crippen molar-refractivity contribution in [3.63, 3.8) is 0 Å². The van der Waals surface area contributed by atoms with E-state index in [0.29, 0.717) is 5.69 Å². The molecule has 60 valence electrons. The second-order valence-corrected chi connectivity index (χ2v) is 2.61. The minimum Gasteiger partial charge on any atom is -0.330 e. The monoisotopic (exact) mass is 170 g/mol. The molecule has 0 radical (unpaired) electrons. The van der Waals surface area contributed by atoms with Crippen molar-refractivity contribution >= 4 is 23.3 Å². The lowest BCUT2D eigenvalue weighted by Crippen LogP contribution is -1.90. The molecule has 0 saturated carbocycles. The molecule has 0 aliphatic carbocycles. The Morgan fingerprint density at radius 2 is 2.09 bits per heavy atom. The molecule has 0 bridgehead atoms. The number of benzene rings is 1. The summed E-state index contributed by atoms with van der Waals surface area (Å²) in [6.45, 7) is 0. The fourth-order valence-corrected chi connectivity index (χ4v) is 1.13. The standard InChI is InChI=1S/C7H10N2OS/c1-11-9-7-4-2-3-6(5-7)8-10/h2-5,8-10H,1H3. The lowest BCUT2D eigenvalue weighted by molar-refractivity contribution is 0.389. The van der Waals surface area contributed by atoms with Crippen LogP contribution in [0.1, 0.15) is 0 Å². The summed E-state index contributed by atoms with van der Waals surface area (Å²) in [5, 5.41) is 8.55. The molecule has 0 heterocycles. The molecule has 0 saturated heterocycles. The Hall–Kier alpha value is -0.870. The van der Waals surface area contributed by atoms with Gasteiger partial charge in [-0.2, -0.15) is 0 Å². The SMILES string of the molecule is CSNc1cccc(NO)c1. The van der Waals surface area contributed by atoms with Crippen LogP contribution in [0.3, 0.4) is 0 Å². The van der Waals surface area contributed by atoms with Gasteiger partial charge in [-0.3, -0.25) is 10.7 Å². The zero-order chi connectivity index (χ0) is 8.10. The van der Waals surface area contributed by atoms with E-state index in [0.717, 1.165) is 5.69 Å². The molecule has 0 fully saturated rings. The smallest absolute Gasteiger partial charge is 0.0622 e. The Labute approximate surface area is 69.9 Å². The molecule has 1 aromatic carbocycles. The molecular weight excluding hydrogens is 160 g/mol. The van der Waals surface area contributed by atoms with Gasteiger partial charge in [0.1, 0.15) is 0 Å².